The van der Waals surface area contributed by atoms with Gasteiger partial charge in [-0.05, 0) is 62.3 Å². The van der Waals surface area contributed by atoms with E-state index in [-0.39, 0.29) is 0 Å². The van der Waals surface area contributed by atoms with Gasteiger partial charge in [0.2, 0.25) is 0 Å². The maximum absolute atomic E-state index is 6.07. The maximum atomic E-state index is 6.07. The fraction of sp³-hybridized carbons (Fsp3) is 0.391. The van der Waals surface area contributed by atoms with E-state index in [1.165, 1.54) is 65.5 Å². The first kappa shape index (κ1) is 19.8. The van der Waals surface area contributed by atoms with Crippen LogP contribution >= 0.6 is 23.4 Å². The summed E-state index contributed by atoms with van der Waals surface area (Å²) in [5.41, 5.74) is 2.79. The van der Waals surface area contributed by atoms with Crippen molar-refractivity contribution in [2.75, 3.05) is 39.8 Å². The van der Waals surface area contributed by atoms with Crippen molar-refractivity contribution in [1.82, 2.24) is 14.4 Å². The second-order valence-electron chi connectivity index (χ2n) is 7.66. The zero-order valence-electron chi connectivity index (χ0n) is 16.7. The number of halogens is 1. The second kappa shape index (κ2) is 8.91. The van der Waals surface area contributed by atoms with E-state index in [4.69, 9.17) is 11.6 Å². The summed E-state index contributed by atoms with van der Waals surface area (Å²) in [6.45, 7) is 5.94. The third-order valence-electron chi connectivity index (χ3n) is 5.68. The molecule has 1 aliphatic rings. The molecule has 0 spiro atoms. The number of rotatable bonds is 6. The predicted molar refractivity (Wildman–Crippen MR) is 121 cm³/mol. The number of para-hydroxylation sites is 1. The lowest BCUT2D eigenvalue weighted by Gasteiger charge is -2.32. The molecular formula is C23H28ClN3S. The average molecular weight is 414 g/mol. The number of benzene rings is 2. The van der Waals surface area contributed by atoms with Gasteiger partial charge in [-0.25, -0.2) is 0 Å². The van der Waals surface area contributed by atoms with Crippen molar-refractivity contribution >= 4 is 34.3 Å². The van der Waals surface area contributed by atoms with Crippen molar-refractivity contribution in [3.05, 3.63) is 59.1 Å². The number of hydrogen-bond donors (Lipinski definition) is 0. The summed E-state index contributed by atoms with van der Waals surface area (Å²) >= 11 is 7.92. The molecule has 148 valence electrons. The summed E-state index contributed by atoms with van der Waals surface area (Å²) in [5, 5.41) is 3.52. The molecule has 0 N–H and O–H groups in total. The summed E-state index contributed by atoms with van der Waals surface area (Å²) < 4.78 is 2.35. The molecule has 1 saturated heterocycles. The van der Waals surface area contributed by atoms with E-state index in [1.54, 1.807) is 0 Å². The number of hydrogen-bond acceptors (Lipinski definition) is 3. The normalized spacial score (nSPS) is 16.1. The van der Waals surface area contributed by atoms with Gasteiger partial charge >= 0.3 is 0 Å². The highest BCUT2D eigenvalue weighted by molar-refractivity contribution is 7.99. The Kier molecular flexibility index (Phi) is 6.32. The summed E-state index contributed by atoms with van der Waals surface area (Å²) in [6, 6.07) is 16.9. The standard InChI is InChI=1S/C23H28ClN3S/c1-25-14-16-27(17-15-25)13-5-7-21-20-6-3-4-8-22(20)26(2)23(21)28-19-11-9-18(24)10-12-19/h3-4,6,8-12H,5,7,13-17H2,1-2H3. The maximum Gasteiger partial charge on any atom is 0.0837 e. The molecule has 0 saturated carbocycles. The molecular weight excluding hydrogens is 386 g/mol. The van der Waals surface area contributed by atoms with Gasteiger partial charge in [0.05, 0.1) is 5.03 Å². The smallest absolute Gasteiger partial charge is 0.0837 e. The van der Waals surface area contributed by atoms with Crippen LogP contribution in [0, 0.1) is 0 Å². The van der Waals surface area contributed by atoms with E-state index >= 15 is 0 Å². The largest absolute Gasteiger partial charge is 0.338 e. The average Bonchev–Trinajstić information content (AvgIpc) is 2.97. The van der Waals surface area contributed by atoms with Crippen LogP contribution in [0.2, 0.25) is 5.02 Å². The molecule has 1 aliphatic heterocycles. The Balaban J connectivity index is 1.54. The van der Waals surface area contributed by atoms with Gasteiger partial charge in [-0.2, -0.15) is 0 Å². The molecule has 4 rings (SSSR count). The predicted octanol–water partition coefficient (Wildman–Crippen LogP) is 5.16. The first-order valence-electron chi connectivity index (χ1n) is 10.0. The minimum absolute atomic E-state index is 0.786. The number of aromatic nitrogens is 1. The Morgan fingerprint density at radius 2 is 1.64 bits per heavy atom. The van der Waals surface area contributed by atoms with Gasteiger partial charge in [-0.15, -0.1) is 0 Å². The molecule has 0 unspecified atom stereocenters. The summed E-state index contributed by atoms with van der Waals surface area (Å²) in [7, 11) is 4.40. The lowest BCUT2D eigenvalue weighted by molar-refractivity contribution is 0.153. The van der Waals surface area contributed by atoms with E-state index in [2.05, 4.69) is 64.9 Å². The molecule has 1 fully saturated rings. The van der Waals surface area contributed by atoms with Gasteiger partial charge < -0.3 is 14.4 Å². The first-order chi connectivity index (χ1) is 13.6. The Bertz CT molecular complexity index is 927. The van der Waals surface area contributed by atoms with Crippen LogP contribution in [0.1, 0.15) is 12.0 Å². The molecule has 0 amide bonds. The topological polar surface area (TPSA) is 11.4 Å². The number of nitrogens with zero attached hydrogens (tertiary/aromatic N) is 3. The SMILES string of the molecule is CN1CCN(CCCc2c(Sc3ccc(Cl)cc3)n(C)c3ccccc23)CC1. The van der Waals surface area contributed by atoms with Crippen molar-refractivity contribution in [3.8, 4) is 0 Å². The van der Waals surface area contributed by atoms with Crippen LogP contribution in [0.4, 0.5) is 0 Å². The molecule has 0 atom stereocenters. The van der Waals surface area contributed by atoms with Crippen molar-refractivity contribution < 1.29 is 0 Å². The molecule has 0 bridgehead atoms. The molecule has 0 radical (unpaired) electrons. The molecule has 5 heteroatoms. The van der Waals surface area contributed by atoms with E-state index in [0.717, 1.165) is 11.4 Å². The molecule has 2 aromatic carbocycles. The van der Waals surface area contributed by atoms with E-state index in [0.29, 0.717) is 0 Å². The Morgan fingerprint density at radius 3 is 2.39 bits per heavy atom. The van der Waals surface area contributed by atoms with Crippen LogP contribution in [0.5, 0.6) is 0 Å². The number of piperazine rings is 1. The quantitative estimate of drug-likeness (QED) is 0.553. The van der Waals surface area contributed by atoms with Crippen molar-refractivity contribution in [2.24, 2.45) is 7.05 Å². The van der Waals surface area contributed by atoms with Gasteiger partial charge in [0.15, 0.2) is 0 Å². The minimum atomic E-state index is 0.786. The summed E-state index contributed by atoms with van der Waals surface area (Å²) in [5.74, 6) is 0. The Labute approximate surface area is 177 Å². The van der Waals surface area contributed by atoms with Gasteiger partial charge in [-0.1, -0.05) is 41.6 Å². The van der Waals surface area contributed by atoms with E-state index in [1.807, 2.05) is 23.9 Å². The minimum Gasteiger partial charge on any atom is -0.338 e. The van der Waals surface area contributed by atoms with E-state index in [9.17, 15) is 0 Å². The van der Waals surface area contributed by atoms with Crippen molar-refractivity contribution in [1.29, 1.82) is 0 Å². The Morgan fingerprint density at radius 1 is 0.929 bits per heavy atom. The molecule has 3 aromatic rings. The monoisotopic (exact) mass is 413 g/mol. The highest BCUT2D eigenvalue weighted by Crippen LogP contribution is 2.37. The Hall–Kier alpha value is -1.46. The van der Waals surface area contributed by atoms with Crippen LogP contribution in [0.3, 0.4) is 0 Å². The van der Waals surface area contributed by atoms with Gasteiger partial charge in [0.25, 0.3) is 0 Å². The van der Waals surface area contributed by atoms with Crippen LogP contribution in [0.15, 0.2) is 58.5 Å². The number of likely N-dealkylation sites (N-methyl/N-ethyl adjacent to an activating group) is 1. The molecule has 28 heavy (non-hydrogen) atoms. The van der Waals surface area contributed by atoms with Crippen LogP contribution < -0.4 is 0 Å². The highest BCUT2D eigenvalue weighted by Gasteiger charge is 2.17. The zero-order chi connectivity index (χ0) is 19.5. The van der Waals surface area contributed by atoms with Crippen LogP contribution in [-0.4, -0.2) is 54.1 Å². The van der Waals surface area contributed by atoms with Crippen molar-refractivity contribution in [2.45, 2.75) is 22.8 Å². The molecule has 2 heterocycles. The van der Waals surface area contributed by atoms with Crippen LogP contribution in [-0.2, 0) is 13.5 Å². The van der Waals surface area contributed by atoms with Crippen LogP contribution in [0.25, 0.3) is 10.9 Å². The van der Waals surface area contributed by atoms with Gasteiger partial charge in [0, 0.05) is 54.0 Å². The fourth-order valence-electron chi connectivity index (χ4n) is 3.99. The zero-order valence-corrected chi connectivity index (χ0v) is 18.3. The molecule has 3 nitrogen and oxygen atoms in total. The third-order valence-corrected chi connectivity index (χ3v) is 7.15. The second-order valence-corrected chi connectivity index (χ2v) is 9.16. The fourth-order valence-corrected chi connectivity index (χ4v) is 5.18. The van der Waals surface area contributed by atoms with Gasteiger partial charge in [-0.3, -0.25) is 0 Å². The molecule has 0 aliphatic carbocycles. The first-order valence-corrected chi connectivity index (χ1v) is 11.2. The van der Waals surface area contributed by atoms with Gasteiger partial charge in [0.1, 0.15) is 0 Å². The van der Waals surface area contributed by atoms with Crippen molar-refractivity contribution in [3.63, 3.8) is 0 Å². The lowest BCUT2D eigenvalue weighted by Crippen LogP contribution is -2.44. The summed E-state index contributed by atoms with van der Waals surface area (Å²) in [6.07, 6.45) is 2.31. The van der Waals surface area contributed by atoms with E-state index < -0.39 is 0 Å². The summed E-state index contributed by atoms with van der Waals surface area (Å²) in [4.78, 5) is 6.26. The molecule has 1 aromatic heterocycles. The number of fused-ring (bicyclic) bond motifs is 1. The lowest BCUT2D eigenvalue weighted by atomic mass is 10.1. The highest BCUT2D eigenvalue weighted by atomic mass is 35.5. The number of aryl methyl sites for hydroxylation is 2. The third kappa shape index (κ3) is 4.41.